The van der Waals surface area contributed by atoms with Crippen LogP contribution in [0.1, 0.15) is 18.7 Å². The predicted molar refractivity (Wildman–Crippen MR) is 55.1 cm³/mol. The van der Waals surface area contributed by atoms with Crippen LogP contribution in [-0.2, 0) is 11.0 Å². The van der Waals surface area contributed by atoms with E-state index >= 15 is 0 Å². The molecule has 0 saturated carbocycles. The third-order valence-corrected chi connectivity index (χ3v) is 2.10. The summed E-state index contributed by atoms with van der Waals surface area (Å²) in [5, 5.41) is 5.80. The molecule has 0 aliphatic carbocycles. The molecule has 0 radical (unpaired) electrons. The van der Waals surface area contributed by atoms with E-state index in [2.05, 4.69) is 17.0 Å². The van der Waals surface area contributed by atoms with Gasteiger partial charge in [-0.1, -0.05) is 6.08 Å². The van der Waals surface area contributed by atoms with Crippen molar-refractivity contribution in [1.82, 2.24) is 15.1 Å². The lowest BCUT2D eigenvalue weighted by atomic mass is 10.3. The quantitative estimate of drug-likeness (QED) is 0.824. The van der Waals surface area contributed by atoms with E-state index < -0.39 is 23.8 Å². The smallest absolute Gasteiger partial charge is 0.351 e. The van der Waals surface area contributed by atoms with Crippen LogP contribution in [0.5, 0.6) is 0 Å². The first-order chi connectivity index (χ1) is 7.86. The van der Waals surface area contributed by atoms with E-state index in [0.717, 1.165) is 16.9 Å². The normalized spacial score (nSPS) is 13.2. The Morgan fingerprint density at radius 3 is 2.82 bits per heavy atom. The number of amides is 1. The maximum atomic E-state index is 12.3. The molecule has 17 heavy (non-hydrogen) atoms. The van der Waals surface area contributed by atoms with E-state index in [4.69, 9.17) is 0 Å². The minimum Gasteiger partial charge on any atom is -0.351 e. The van der Waals surface area contributed by atoms with Crippen LogP contribution in [0.4, 0.5) is 13.2 Å². The summed E-state index contributed by atoms with van der Waals surface area (Å²) < 4.78 is 37.8. The molecule has 7 heteroatoms. The highest BCUT2D eigenvalue weighted by Gasteiger charge is 2.34. The van der Waals surface area contributed by atoms with Gasteiger partial charge in [-0.2, -0.15) is 18.3 Å². The van der Waals surface area contributed by atoms with Gasteiger partial charge in [-0.25, -0.2) is 0 Å². The molecular weight excluding hydrogens is 235 g/mol. The van der Waals surface area contributed by atoms with Crippen LogP contribution in [0.15, 0.2) is 24.9 Å². The fourth-order valence-corrected chi connectivity index (χ4v) is 1.15. The van der Waals surface area contributed by atoms with E-state index in [1.54, 1.807) is 0 Å². The van der Waals surface area contributed by atoms with Crippen LogP contribution in [0.2, 0.25) is 0 Å². The van der Waals surface area contributed by atoms with Crippen molar-refractivity contribution < 1.29 is 18.0 Å². The average molecular weight is 247 g/mol. The second kappa shape index (κ2) is 5.03. The first-order valence-corrected chi connectivity index (χ1v) is 4.87. The van der Waals surface area contributed by atoms with Crippen LogP contribution in [0.3, 0.4) is 0 Å². The lowest BCUT2D eigenvalue weighted by Gasteiger charge is -2.11. The van der Waals surface area contributed by atoms with E-state index in [1.165, 1.54) is 13.0 Å². The van der Waals surface area contributed by atoms with Gasteiger partial charge in [0.2, 0.25) is 5.91 Å². The number of aromatic nitrogens is 2. The highest BCUT2D eigenvalue weighted by Crippen LogP contribution is 2.27. The van der Waals surface area contributed by atoms with Crippen molar-refractivity contribution in [2.24, 2.45) is 0 Å². The molecule has 1 aromatic rings. The van der Waals surface area contributed by atoms with E-state index in [1.807, 2.05) is 0 Å². The van der Waals surface area contributed by atoms with Gasteiger partial charge in [-0.15, -0.1) is 6.58 Å². The molecule has 0 aliphatic rings. The van der Waals surface area contributed by atoms with Crippen molar-refractivity contribution >= 4 is 5.91 Å². The Kier molecular flexibility index (Phi) is 3.93. The Labute approximate surface area is 96.1 Å². The number of carbonyl (C=O) groups is 1. The van der Waals surface area contributed by atoms with Gasteiger partial charge < -0.3 is 5.32 Å². The molecular formula is C10H12F3N3O. The molecule has 0 spiro atoms. The van der Waals surface area contributed by atoms with Gasteiger partial charge in [0.05, 0.1) is 0 Å². The summed E-state index contributed by atoms with van der Waals surface area (Å²) in [4.78, 5) is 11.5. The summed E-state index contributed by atoms with van der Waals surface area (Å²) in [6, 6.07) is 0.0307. The van der Waals surface area contributed by atoms with Crippen LogP contribution in [-0.4, -0.2) is 22.2 Å². The molecule has 0 aliphatic heterocycles. The molecule has 0 bridgehead atoms. The number of carbonyl (C=O) groups excluding carboxylic acids is 1. The van der Waals surface area contributed by atoms with Gasteiger partial charge in [0.15, 0.2) is 5.69 Å². The zero-order chi connectivity index (χ0) is 13.1. The lowest BCUT2D eigenvalue weighted by Crippen LogP contribution is -2.31. The van der Waals surface area contributed by atoms with E-state index in [-0.39, 0.29) is 6.54 Å². The van der Waals surface area contributed by atoms with Gasteiger partial charge in [0.25, 0.3) is 0 Å². The van der Waals surface area contributed by atoms with Crippen molar-refractivity contribution in [3.05, 3.63) is 30.6 Å². The standard InChI is InChI=1S/C10H12F3N3O/c1-3-5-14-9(17)7(2)16-6-4-8(15-16)10(11,12)13/h3-4,6-7H,1,5H2,2H3,(H,14,17). The summed E-state index contributed by atoms with van der Waals surface area (Å²) in [6.07, 6.45) is -1.89. The predicted octanol–water partition coefficient (Wildman–Crippen LogP) is 1.77. The molecule has 1 aromatic heterocycles. The minimum atomic E-state index is -4.50. The summed E-state index contributed by atoms with van der Waals surface area (Å²) in [5.41, 5.74) is -1.01. The lowest BCUT2D eigenvalue weighted by molar-refractivity contribution is -0.142. The highest BCUT2D eigenvalue weighted by molar-refractivity contribution is 5.79. The largest absolute Gasteiger partial charge is 0.435 e. The number of halogens is 3. The SMILES string of the molecule is C=CCNC(=O)C(C)n1ccc(C(F)(F)F)n1. The molecule has 1 atom stereocenters. The third kappa shape index (κ3) is 3.33. The Morgan fingerprint density at radius 1 is 1.71 bits per heavy atom. The molecule has 1 amide bonds. The van der Waals surface area contributed by atoms with E-state index in [0.29, 0.717) is 0 Å². The average Bonchev–Trinajstić information content (AvgIpc) is 2.73. The first-order valence-electron chi connectivity index (χ1n) is 4.87. The fourth-order valence-electron chi connectivity index (χ4n) is 1.15. The number of alkyl halides is 3. The summed E-state index contributed by atoms with van der Waals surface area (Å²) in [5.74, 6) is -0.415. The molecule has 0 saturated heterocycles. The molecule has 1 rings (SSSR count). The van der Waals surface area contributed by atoms with Crippen molar-refractivity contribution in [3.8, 4) is 0 Å². The molecule has 94 valence electrons. The summed E-state index contributed by atoms with van der Waals surface area (Å²) in [6.45, 7) is 5.14. The van der Waals surface area contributed by atoms with Gasteiger partial charge in [-0.05, 0) is 13.0 Å². The van der Waals surface area contributed by atoms with Gasteiger partial charge >= 0.3 is 6.18 Å². The maximum Gasteiger partial charge on any atom is 0.435 e. The van der Waals surface area contributed by atoms with Crippen LogP contribution < -0.4 is 5.32 Å². The Bertz CT molecular complexity index is 411. The summed E-state index contributed by atoms with van der Waals surface area (Å²) in [7, 11) is 0. The number of rotatable bonds is 4. The molecule has 1 heterocycles. The van der Waals surface area contributed by atoms with E-state index in [9.17, 15) is 18.0 Å². The monoisotopic (exact) mass is 247 g/mol. The number of hydrogen-bond donors (Lipinski definition) is 1. The number of nitrogens with zero attached hydrogens (tertiary/aromatic N) is 2. The van der Waals surface area contributed by atoms with Crippen LogP contribution in [0, 0.1) is 0 Å². The van der Waals surface area contributed by atoms with Crippen molar-refractivity contribution in [3.63, 3.8) is 0 Å². The highest BCUT2D eigenvalue weighted by atomic mass is 19.4. The maximum absolute atomic E-state index is 12.3. The minimum absolute atomic E-state index is 0.260. The number of nitrogens with one attached hydrogen (secondary N) is 1. The van der Waals surface area contributed by atoms with Crippen molar-refractivity contribution in [2.45, 2.75) is 19.1 Å². The van der Waals surface area contributed by atoms with Gasteiger partial charge in [0, 0.05) is 12.7 Å². The fraction of sp³-hybridized carbons (Fsp3) is 0.400. The second-order valence-corrected chi connectivity index (χ2v) is 3.39. The molecule has 1 N–H and O–H groups in total. The Balaban J connectivity index is 2.76. The third-order valence-electron chi connectivity index (χ3n) is 2.10. The second-order valence-electron chi connectivity index (χ2n) is 3.39. The number of hydrogen-bond acceptors (Lipinski definition) is 2. The topological polar surface area (TPSA) is 46.9 Å². The van der Waals surface area contributed by atoms with Crippen LogP contribution >= 0.6 is 0 Å². The molecule has 1 unspecified atom stereocenters. The zero-order valence-corrected chi connectivity index (χ0v) is 9.16. The first kappa shape index (κ1) is 13.3. The molecule has 0 aromatic carbocycles. The molecule has 0 fully saturated rings. The van der Waals surface area contributed by atoms with Gasteiger partial charge in [-0.3, -0.25) is 9.48 Å². The van der Waals surface area contributed by atoms with Gasteiger partial charge in [0.1, 0.15) is 6.04 Å². The zero-order valence-electron chi connectivity index (χ0n) is 9.16. The van der Waals surface area contributed by atoms with Crippen molar-refractivity contribution in [2.75, 3.05) is 6.54 Å². The van der Waals surface area contributed by atoms with Crippen LogP contribution in [0.25, 0.3) is 0 Å². The summed E-state index contributed by atoms with van der Waals surface area (Å²) >= 11 is 0. The molecule has 4 nitrogen and oxygen atoms in total. The Morgan fingerprint density at radius 2 is 2.35 bits per heavy atom. The Hall–Kier alpha value is -1.79. The van der Waals surface area contributed by atoms with Crippen molar-refractivity contribution in [1.29, 1.82) is 0 Å².